The average molecular weight is 443 g/mol. The summed E-state index contributed by atoms with van der Waals surface area (Å²) in [6.45, 7) is 4.64. The van der Waals surface area contributed by atoms with E-state index in [-0.39, 0.29) is 5.92 Å². The number of fused-ring (bicyclic) bond motifs is 1. The molecule has 0 bridgehead atoms. The van der Waals surface area contributed by atoms with Gasteiger partial charge in [-0.25, -0.2) is 0 Å². The van der Waals surface area contributed by atoms with E-state index in [1.807, 2.05) is 44.2 Å². The fourth-order valence-electron chi connectivity index (χ4n) is 4.31. The molecule has 0 amide bonds. The molecular formula is C23H26N2O5S. The van der Waals surface area contributed by atoms with E-state index in [4.69, 9.17) is 26.4 Å². The number of carbonyl (C=O) groups excluding carboxylic acids is 1. The number of benzene rings is 2. The Kier molecular flexibility index (Phi) is 5.77. The minimum absolute atomic E-state index is 0.307. The normalized spacial score (nSPS) is 25.2. The quantitative estimate of drug-likeness (QED) is 0.553. The van der Waals surface area contributed by atoms with Gasteiger partial charge in [0.15, 0.2) is 22.3 Å². The summed E-state index contributed by atoms with van der Waals surface area (Å²) in [5.74, 6) is -0.637. The molecule has 2 aliphatic rings. The maximum atomic E-state index is 13.1. The largest absolute Gasteiger partial charge is 0.486 e. The third-order valence-corrected chi connectivity index (χ3v) is 6.18. The van der Waals surface area contributed by atoms with Gasteiger partial charge in [-0.05, 0) is 29.9 Å². The Balaban J connectivity index is 1.85. The number of carbonyl (C=O) groups is 1. The summed E-state index contributed by atoms with van der Waals surface area (Å²) in [7, 11) is 1.33. The van der Waals surface area contributed by atoms with Crippen molar-refractivity contribution < 1.29 is 24.1 Å². The second kappa shape index (κ2) is 8.36. The monoisotopic (exact) mass is 442 g/mol. The van der Waals surface area contributed by atoms with Crippen LogP contribution in [0.5, 0.6) is 11.5 Å². The van der Waals surface area contributed by atoms with Crippen LogP contribution in [0, 0.1) is 11.8 Å². The van der Waals surface area contributed by atoms with Crippen LogP contribution in [0.15, 0.2) is 48.5 Å². The van der Waals surface area contributed by atoms with Crippen LogP contribution < -0.4 is 19.7 Å². The molecule has 2 aromatic rings. The minimum atomic E-state index is -1.65. The van der Waals surface area contributed by atoms with Crippen LogP contribution in [0.2, 0.25) is 0 Å². The lowest BCUT2D eigenvalue weighted by Gasteiger charge is -2.54. The number of aliphatic hydroxyl groups is 1. The van der Waals surface area contributed by atoms with E-state index in [1.54, 1.807) is 23.1 Å². The van der Waals surface area contributed by atoms with Crippen LogP contribution in [0.25, 0.3) is 0 Å². The molecule has 164 valence electrons. The lowest BCUT2D eigenvalue weighted by molar-refractivity contribution is -0.163. The predicted octanol–water partition coefficient (Wildman–Crippen LogP) is 3.03. The van der Waals surface area contributed by atoms with Crippen molar-refractivity contribution in [1.29, 1.82) is 0 Å². The van der Waals surface area contributed by atoms with E-state index in [0.717, 1.165) is 5.56 Å². The van der Waals surface area contributed by atoms with Crippen LogP contribution >= 0.6 is 12.2 Å². The summed E-state index contributed by atoms with van der Waals surface area (Å²) in [5, 5.41) is 15.7. The van der Waals surface area contributed by atoms with Crippen molar-refractivity contribution in [2.24, 2.45) is 11.8 Å². The number of rotatable bonds is 4. The first-order valence-electron chi connectivity index (χ1n) is 10.2. The van der Waals surface area contributed by atoms with Gasteiger partial charge in [0.25, 0.3) is 0 Å². The fourth-order valence-corrected chi connectivity index (χ4v) is 4.69. The SMILES string of the molecule is COC(=O)[C@@H]1[C@H](c2ccccc2)NC(=S)N(c2ccc3c(c2)OCCO3)[C@@]1(O)C(C)C. The first-order valence-corrected chi connectivity index (χ1v) is 10.6. The van der Waals surface area contributed by atoms with E-state index < -0.39 is 23.7 Å². The van der Waals surface area contributed by atoms with E-state index in [1.165, 1.54) is 7.11 Å². The Labute approximate surface area is 186 Å². The Morgan fingerprint density at radius 2 is 1.87 bits per heavy atom. The number of nitrogens with one attached hydrogen (secondary N) is 1. The van der Waals surface area contributed by atoms with Crippen molar-refractivity contribution in [3.8, 4) is 11.5 Å². The summed E-state index contributed by atoms with van der Waals surface area (Å²) in [5.41, 5.74) is -0.223. The molecule has 0 unspecified atom stereocenters. The number of thiocarbonyl (C=S) groups is 1. The van der Waals surface area contributed by atoms with Crippen LogP contribution in [-0.4, -0.2) is 42.2 Å². The maximum absolute atomic E-state index is 13.1. The standard InChI is InChI=1S/C23H26N2O5S/c1-14(2)23(27)19(21(26)28-3)20(15-7-5-4-6-8-15)24-22(31)25(23)16-9-10-17-18(13-16)30-12-11-29-17/h4-10,13-14,19-20,27H,11-12H2,1-3H3,(H,24,31)/t19-,20-,23+/m0/s1. The van der Waals surface area contributed by atoms with Crippen molar-refractivity contribution >= 4 is 29.0 Å². The van der Waals surface area contributed by atoms with E-state index in [2.05, 4.69) is 5.32 Å². The van der Waals surface area contributed by atoms with Crippen molar-refractivity contribution in [2.45, 2.75) is 25.6 Å². The first kappa shape index (κ1) is 21.4. The average Bonchev–Trinajstić information content (AvgIpc) is 2.78. The van der Waals surface area contributed by atoms with Gasteiger partial charge in [-0.2, -0.15) is 0 Å². The van der Waals surface area contributed by atoms with Crippen molar-refractivity contribution in [3.63, 3.8) is 0 Å². The molecule has 2 heterocycles. The zero-order valence-electron chi connectivity index (χ0n) is 17.7. The lowest BCUT2D eigenvalue weighted by Crippen LogP contribution is -2.71. The number of anilines is 1. The number of hydrogen-bond acceptors (Lipinski definition) is 6. The molecule has 0 radical (unpaired) electrons. The summed E-state index contributed by atoms with van der Waals surface area (Å²) in [6, 6.07) is 14.3. The highest BCUT2D eigenvalue weighted by Gasteiger charge is 2.58. The van der Waals surface area contributed by atoms with Gasteiger partial charge < -0.3 is 24.6 Å². The number of methoxy groups -OCH3 is 1. The van der Waals surface area contributed by atoms with Crippen LogP contribution in [-0.2, 0) is 9.53 Å². The summed E-state index contributed by atoms with van der Waals surface area (Å²) < 4.78 is 16.5. The van der Waals surface area contributed by atoms with E-state index in [9.17, 15) is 9.90 Å². The molecule has 31 heavy (non-hydrogen) atoms. The first-order chi connectivity index (χ1) is 14.9. The third-order valence-electron chi connectivity index (χ3n) is 5.88. The molecule has 3 atom stereocenters. The molecule has 2 aromatic carbocycles. The van der Waals surface area contributed by atoms with Crippen LogP contribution in [0.1, 0.15) is 25.5 Å². The Morgan fingerprint density at radius 3 is 2.52 bits per heavy atom. The fraction of sp³-hybridized carbons (Fsp3) is 0.391. The maximum Gasteiger partial charge on any atom is 0.316 e. The number of ether oxygens (including phenoxy) is 3. The molecular weight excluding hydrogens is 416 g/mol. The van der Waals surface area contributed by atoms with Gasteiger partial charge in [-0.3, -0.25) is 9.69 Å². The van der Waals surface area contributed by atoms with Crippen LogP contribution in [0.4, 0.5) is 5.69 Å². The molecule has 8 heteroatoms. The minimum Gasteiger partial charge on any atom is -0.486 e. The lowest BCUT2D eigenvalue weighted by atomic mass is 9.76. The highest BCUT2D eigenvalue weighted by Crippen LogP contribution is 2.46. The highest BCUT2D eigenvalue weighted by atomic mass is 32.1. The predicted molar refractivity (Wildman–Crippen MR) is 120 cm³/mol. The zero-order chi connectivity index (χ0) is 22.2. The molecule has 0 spiro atoms. The van der Waals surface area contributed by atoms with Crippen LogP contribution in [0.3, 0.4) is 0 Å². The molecule has 1 saturated heterocycles. The van der Waals surface area contributed by atoms with Gasteiger partial charge in [0.2, 0.25) is 0 Å². The number of hydrogen-bond donors (Lipinski definition) is 2. The van der Waals surface area contributed by atoms with Crippen molar-refractivity contribution in [1.82, 2.24) is 5.32 Å². The number of esters is 1. The van der Waals surface area contributed by atoms with E-state index in [0.29, 0.717) is 35.5 Å². The number of nitrogens with zero attached hydrogens (tertiary/aromatic N) is 1. The molecule has 0 saturated carbocycles. The molecule has 0 aliphatic carbocycles. The van der Waals surface area contributed by atoms with Gasteiger partial charge in [0.1, 0.15) is 19.1 Å². The van der Waals surface area contributed by atoms with Gasteiger partial charge in [-0.1, -0.05) is 44.2 Å². The van der Waals surface area contributed by atoms with Crippen molar-refractivity contribution in [3.05, 3.63) is 54.1 Å². The molecule has 1 fully saturated rings. The van der Waals surface area contributed by atoms with Gasteiger partial charge in [-0.15, -0.1) is 0 Å². The van der Waals surface area contributed by atoms with Gasteiger partial charge >= 0.3 is 5.97 Å². The van der Waals surface area contributed by atoms with E-state index >= 15 is 0 Å². The van der Waals surface area contributed by atoms with Crippen molar-refractivity contribution in [2.75, 3.05) is 25.2 Å². The topological polar surface area (TPSA) is 80.3 Å². The molecule has 2 aliphatic heterocycles. The summed E-state index contributed by atoms with van der Waals surface area (Å²) in [4.78, 5) is 14.6. The zero-order valence-corrected chi connectivity index (χ0v) is 18.5. The molecule has 4 rings (SSSR count). The third kappa shape index (κ3) is 3.59. The summed E-state index contributed by atoms with van der Waals surface area (Å²) >= 11 is 5.72. The Hall–Kier alpha value is -2.84. The van der Waals surface area contributed by atoms with Gasteiger partial charge in [0.05, 0.1) is 18.8 Å². The highest BCUT2D eigenvalue weighted by molar-refractivity contribution is 7.80. The second-order valence-corrected chi connectivity index (χ2v) is 8.33. The van der Waals surface area contributed by atoms with Gasteiger partial charge in [0, 0.05) is 12.0 Å². The smallest absolute Gasteiger partial charge is 0.316 e. The summed E-state index contributed by atoms with van der Waals surface area (Å²) in [6.07, 6.45) is 0. The molecule has 2 N–H and O–H groups in total. The Bertz CT molecular complexity index is 983. The second-order valence-electron chi connectivity index (χ2n) is 7.94. The Morgan fingerprint density at radius 1 is 1.19 bits per heavy atom. The molecule has 0 aromatic heterocycles. The molecule has 7 nitrogen and oxygen atoms in total.